The maximum atomic E-state index is 15.0. The predicted octanol–water partition coefficient (Wildman–Crippen LogP) is 4.47. The van der Waals surface area contributed by atoms with Crippen LogP contribution in [0.3, 0.4) is 0 Å². The van der Waals surface area contributed by atoms with Crippen LogP contribution in [0.25, 0.3) is 0 Å². The van der Waals surface area contributed by atoms with Gasteiger partial charge in [-0.1, -0.05) is 11.6 Å². The van der Waals surface area contributed by atoms with Crippen molar-refractivity contribution in [3.05, 3.63) is 52.1 Å². The van der Waals surface area contributed by atoms with Crippen LogP contribution in [0.2, 0.25) is 5.02 Å². The van der Waals surface area contributed by atoms with Crippen molar-refractivity contribution >= 4 is 40.8 Å². The van der Waals surface area contributed by atoms with E-state index in [2.05, 4.69) is 30.8 Å². The van der Waals surface area contributed by atoms with Gasteiger partial charge in [-0.25, -0.2) is 9.37 Å². The van der Waals surface area contributed by atoms with Crippen molar-refractivity contribution in [2.24, 2.45) is 5.73 Å². The number of carbonyl (C=O) groups is 1. The van der Waals surface area contributed by atoms with Crippen molar-refractivity contribution in [1.29, 1.82) is 0 Å². The summed E-state index contributed by atoms with van der Waals surface area (Å²) in [5.41, 5.74) is 4.47. The molecule has 1 aliphatic heterocycles. The number of hydrogen-bond donors (Lipinski definition) is 4. The first-order valence-electron chi connectivity index (χ1n) is 11.0. The molecule has 1 fully saturated rings. The van der Waals surface area contributed by atoms with Crippen molar-refractivity contribution < 1.29 is 22.4 Å². The van der Waals surface area contributed by atoms with E-state index in [1.54, 1.807) is 17.9 Å². The number of nitrogens with one attached hydrogen (secondary N) is 3. The van der Waals surface area contributed by atoms with Crippen LogP contribution in [0.4, 0.5) is 40.8 Å². The lowest BCUT2D eigenvalue weighted by Gasteiger charge is -2.32. The molecule has 0 spiro atoms. The predicted molar refractivity (Wildman–Crippen MR) is 126 cm³/mol. The summed E-state index contributed by atoms with van der Waals surface area (Å²) in [5, 5.41) is 12.3. The molecule has 4 rings (SSSR count). The number of primary amides is 1. The van der Waals surface area contributed by atoms with Gasteiger partial charge < -0.3 is 16.4 Å². The second kappa shape index (κ2) is 10.3. The zero-order chi connectivity index (χ0) is 26.0. The van der Waals surface area contributed by atoms with Gasteiger partial charge in [0.05, 0.1) is 24.0 Å². The minimum Gasteiger partial charge on any atom is -0.369 e. The molecule has 9 nitrogen and oxygen atoms in total. The van der Waals surface area contributed by atoms with Gasteiger partial charge in [0.2, 0.25) is 11.9 Å². The molecule has 1 aliphatic rings. The van der Waals surface area contributed by atoms with E-state index in [0.717, 1.165) is 17.8 Å². The van der Waals surface area contributed by atoms with Crippen LogP contribution in [-0.4, -0.2) is 50.6 Å². The van der Waals surface area contributed by atoms with Crippen molar-refractivity contribution in [2.45, 2.75) is 31.9 Å². The molecule has 0 atom stereocenters. The number of anilines is 4. The molecule has 1 saturated heterocycles. The van der Waals surface area contributed by atoms with Crippen LogP contribution in [0.1, 0.15) is 35.6 Å². The number of nitrogens with two attached hydrogens (primary N) is 1. The van der Waals surface area contributed by atoms with E-state index < -0.39 is 35.1 Å². The fraction of sp³-hybridized carbons (Fsp3) is 0.364. The number of nitrogens with zero attached hydrogens (tertiary/aromatic N) is 4. The molecule has 0 saturated carbocycles. The van der Waals surface area contributed by atoms with E-state index in [1.165, 1.54) is 6.20 Å². The number of halogens is 5. The Morgan fingerprint density at radius 1 is 1.25 bits per heavy atom. The molecule has 3 heterocycles. The lowest BCUT2D eigenvalue weighted by atomic mass is 9.86. The quantitative estimate of drug-likeness (QED) is 0.335. The highest BCUT2D eigenvalue weighted by molar-refractivity contribution is 6.32. The van der Waals surface area contributed by atoms with Crippen molar-refractivity contribution in [3.8, 4) is 0 Å². The maximum Gasteiger partial charge on any atom is 0.416 e. The molecule has 14 heteroatoms. The number of H-pyrrole nitrogens is 1. The first kappa shape index (κ1) is 25.6. The molecule has 0 aliphatic carbocycles. The van der Waals surface area contributed by atoms with E-state index in [-0.39, 0.29) is 28.9 Å². The highest BCUT2D eigenvalue weighted by atomic mass is 35.5. The minimum atomic E-state index is -4.71. The minimum absolute atomic E-state index is 0.0355. The van der Waals surface area contributed by atoms with Crippen LogP contribution >= 0.6 is 11.6 Å². The van der Waals surface area contributed by atoms with Gasteiger partial charge in [0.15, 0.2) is 11.6 Å². The number of likely N-dealkylation sites (tertiary alicyclic amines) is 1. The summed E-state index contributed by atoms with van der Waals surface area (Å²) >= 11 is 6.11. The topological polar surface area (TPSA) is 125 Å². The first-order valence-corrected chi connectivity index (χ1v) is 11.4. The summed E-state index contributed by atoms with van der Waals surface area (Å²) in [6, 6.07) is 3.32. The summed E-state index contributed by atoms with van der Waals surface area (Å²) in [7, 11) is 0. The zero-order valence-electron chi connectivity index (χ0n) is 19.1. The number of carbonyl (C=O) groups excluding carboxylic acids is 1. The average molecular weight is 527 g/mol. The number of aromatic amines is 1. The summed E-state index contributed by atoms with van der Waals surface area (Å²) < 4.78 is 56.9. The van der Waals surface area contributed by atoms with E-state index >= 15 is 4.39 Å². The Morgan fingerprint density at radius 3 is 2.58 bits per heavy atom. The normalized spacial score (nSPS) is 15.2. The second-order valence-corrected chi connectivity index (χ2v) is 8.92. The number of piperidine rings is 1. The lowest BCUT2D eigenvalue weighted by molar-refractivity contribution is -0.138. The third-order valence-corrected chi connectivity index (χ3v) is 6.07. The van der Waals surface area contributed by atoms with E-state index in [0.29, 0.717) is 31.7 Å². The van der Waals surface area contributed by atoms with Gasteiger partial charge in [-0.05, 0) is 56.5 Å². The van der Waals surface area contributed by atoms with Crippen molar-refractivity contribution in [1.82, 2.24) is 25.1 Å². The third-order valence-electron chi connectivity index (χ3n) is 5.79. The van der Waals surface area contributed by atoms with Gasteiger partial charge in [-0.2, -0.15) is 23.3 Å². The molecule has 192 valence electrons. The molecule has 3 aromatic rings. The van der Waals surface area contributed by atoms with E-state index in [4.69, 9.17) is 17.3 Å². The highest BCUT2D eigenvalue weighted by Crippen LogP contribution is 2.41. The maximum absolute atomic E-state index is 15.0. The summed E-state index contributed by atoms with van der Waals surface area (Å²) in [5.74, 6) is -1.52. The van der Waals surface area contributed by atoms with Crippen LogP contribution in [0.15, 0.2) is 24.4 Å². The number of rotatable bonds is 7. The fourth-order valence-corrected chi connectivity index (χ4v) is 4.27. The summed E-state index contributed by atoms with van der Waals surface area (Å²) in [6.07, 6.45) is -2.81. The Bertz CT molecular complexity index is 1260. The second-order valence-electron chi connectivity index (χ2n) is 8.51. The van der Waals surface area contributed by atoms with Crippen LogP contribution in [-0.2, 0) is 11.0 Å². The molecule has 0 radical (unpaired) electrons. The molecule has 1 aromatic carbocycles. The van der Waals surface area contributed by atoms with Crippen LogP contribution in [0, 0.1) is 12.7 Å². The van der Waals surface area contributed by atoms with Gasteiger partial charge in [0.25, 0.3) is 0 Å². The Labute approximate surface area is 208 Å². The van der Waals surface area contributed by atoms with Crippen LogP contribution < -0.4 is 16.4 Å². The molecule has 1 amide bonds. The molecular weight excluding hydrogens is 504 g/mol. The molecule has 5 N–H and O–H groups in total. The number of amides is 1. The standard InChI is InChI=1S/C22H23ClF4N8O/c1-11-6-19(34-33-11)31-20-15(23)9-29-21(32-20)30-17-8-14(22(25,26)27)13(7-16(17)24)12-2-4-35(5-3-12)10-18(28)36/h6-9,12H,2-5,10H2,1H3,(H2,28,36)(H3,29,30,31,32,33,34). The number of aryl methyl sites for hydroxylation is 1. The Morgan fingerprint density at radius 2 is 1.97 bits per heavy atom. The Balaban J connectivity index is 1.58. The number of alkyl halides is 3. The number of benzene rings is 1. The van der Waals surface area contributed by atoms with Gasteiger partial charge in [0, 0.05) is 11.8 Å². The van der Waals surface area contributed by atoms with E-state index in [1.807, 2.05) is 0 Å². The summed E-state index contributed by atoms with van der Waals surface area (Å²) in [4.78, 5) is 21.0. The fourth-order valence-electron chi connectivity index (χ4n) is 4.13. The van der Waals surface area contributed by atoms with Gasteiger partial charge in [0.1, 0.15) is 10.8 Å². The molecular formula is C22H23ClF4N8O. The number of aromatic nitrogens is 4. The Hall–Kier alpha value is -3.45. The Kier molecular flexibility index (Phi) is 7.31. The lowest BCUT2D eigenvalue weighted by Crippen LogP contribution is -2.39. The first-order chi connectivity index (χ1) is 17.0. The van der Waals surface area contributed by atoms with E-state index in [9.17, 15) is 18.0 Å². The highest BCUT2D eigenvalue weighted by Gasteiger charge is 2.37. The monoisotopic (exact) mass is 526 g/mol. The largest absolute Gasteiger partial charge is 0.416 e. The molecule has 0 unspecified atom stereocenters. The van der Waals surface area contributed by atoms with Crippen molar-refractivity contribution in [3.63, 3.8) is 0 Å². The molecule has 2 aromatic heterocycles. The summed E-state index contributed by atoms with van der Waals surface area (Å²) in [6.45, 7) is 2.60. The SMILES string of the molecule is Cc1cc(Nc2nc(Nc3cc(C(F)(F)F)c(C4CCN(CC(N)=O)CC4)cc3F)ncc2Cl)n[nH]1. The van der Waals surface area contributed by atoms with Crippen molar-refractivity contribution in [2.75, 3.05) is 30.3 Å². The molecule has 36 heavy (non-hydrogen) atoms. The smallest absolute Gasteiger partial charge is 0.369 e. The van der Waals surface area contributed by atoms with Gasteiger partial charge >= 0.3 is 6.18 Å². The number of hydrogen-bond acceptors (Lipinski definition) is 7. The van der Waals surface area contributed by atoms with Crippen LogP contribution in [0.5, 0.6) is 0 Å². The van der Waals surface area contributed by atoms with Gasteiger partial charge in [-0.15, -0.1) is 0 Å². The third kappa shape index (κ3) is 6.02. The molecule has 0 bridgehead atoms. The van der Waals surface area contributed by atoms with Gasteiger partial charge in [-0.3, -0.25) is 14.8 Å². The average Bonchev–Trinajstić information content (AvgIpc) is 3.21. The zero-order valence-corrected chi connectivity index (χ0v) is 19.8.